The number of halogens is 1. The van der Waals surface area contributed by atoms with Crippen molar-refractivity contribution >= 4 is 21.7 Å². The third-order valence-electron chi connectivity index (χ3n) is 2.28. The molecule has 0 bridgehead atoms. The Morgan fingerprint density at radius 1 is 1.00 bits per heavy atom. The van der Waals surface area contributed by atoms with Crippen LogP contribution in [0.1, 0.15) is 15.3 Å². The van der Waals surface area contributed by atoms with Crippen molar-refractivity contribution in [2.24, 2.45) is 0 Å². The summed E-state index contributed by atoms with van der Waals surface area (Å²) in [7, 11) is 0. The molecule has 4 heteroatoms. The summed E-state index contributed by atoms with van der Waals surface area (Å²) >= 11 is 3.40. The molecule has 0 radical (unpaired) electrons. The molecule has 0 aliphatic rings. The zero-order chi connectivity index (χ0) is 11.4. The second kappa shape index (κ2) is 6.27. The highest BCUT2D eigenvalue weighted by Crippen LogP contribution is 2.14. The first-order valence-electron chi connectivity index (χ1n) is 4.98. The predicted molar refractivity (Wildman–Crippen MR) is 70.4 cm³/mol. The molecule has 0 aliphatic carbocycles. The minimum atomic E-state index is -0.351. The topological polar surface area (TPSA) is 56.0 Å². The van der Waals surface area contributed by atoms with Crippen molar-refractivity contribution < 1.29 is 9.36 Å². The zero-order valence-corrected chi connectivity index (χ0v) is 10.9. The van der Waals surface area contributed by atoms with E-state index in [0.29, 0.717) is 5.56 Å². The van der Waals surface area contributed by atoms with Gasteiger partial charge in [-0.15, -0.1) is 0 Å². The SMILES string of the molecule is N.O=C(c1ccccc1)C(Br)[n+]1ccccc1. The number of ketones is 1. The first-order chi connectivity index (χ1) is 7.79. The van der Waals surface area contributed by atoms with Crippen molar-refractivity contribution in [2.45, 2.75) is 4.95 Å². The van der Waals surface area contributed by atoms with Gasteiger partial charge in [0.25, 0.3) is 4.95 Å². The molecule has 3 nitrogen and oxygen atoms in total. The van der Waals surface area contributed by atoms with Gasteiger partial charge in [-0.1, -0.05) is 36.4 Å². The number of nitrogens with zero attached hydrogens (tertiary/aromatic N) is 1. The van der Waals surface area contributed by atoms with Crippen LogP contribution in [0.5, 0.6) is 0 Å². The van der Waals surface area contributed by atoms with Crippen LogP contribution < -0.4 is 10.7 Å². The van der Waals surface area contributed by atoms with Crippen LogP contribution in [0.4, 0.5) is 0 Å². The standard InChI is InChI=1S/C13H11BrNO.H3N/c14-13(15-9-5-2-6-10-15)12(16)11-7-3-1-4-8-11;/h1-10,13H;1H3/q+1;. The number of rotatable bonds is 3. The maximum atomic E-state index is 12.1. The van der Waals surface area contributed by atoms with Crippen LogP contribution in [0.15, 0.2) is 60.9 Å². The number of benzene rings is 1. The molecule has 1 atom stereocenters. The average molecular weight is 294 g/mol. The number of hydrogen-bond donors (Lipinski definition) is 1. The Labute approximate surface area is 109 Å². The van der Waals surface area contributed by atoms with E-state index in [-0.39, 0.29) is 16.9 Å². The van der Waals surface area contributed by atoms with Gasteiger partial charge in [0, 0.05) is 33.6 Å². The Morgan fingerprint density at radius 3 is 2.12 bits per heavy atom. The number of pyridine rings is 1. The molecule has 3 N–H and O–H groups in total. The first kappa shape index (κ1) is 13.5. The summed E-state index contributed by atoms with van der Waals surface area (Å²) in [5, 5.41) is 0. The molecule has 0 aliphatic heterocycles. The van der Waals surface area contributed by atoms with Gasteiger partial charge in [-0.25, -0.2) is 0 Å². The molecule has 1 aromatic heterocycles. The van der Waals surface area contributed by atoms with Gasteiger partial charge in [0.15, 0.2) is 12.4 Å². The van der Waals surface area contributed by atoms with Gasteiger partial charge in [0.1, 0.15) is 0 Å². The minimum Gasteiger partial charge on any atom is -0.344 e. The number of aromatic nitrogens is 1. The van der Waals surface area contributed by atoms with Gasteiger partial charge in [-0.2, -0.15) is 4.57 Å². The Balaban J connectivity index is 0.00000144. The fraction of sp³-hybridized carbons (Fsp3) is 0.0769. The van der Waals surface area contributed by atoms with E-state index in [1.807, 2.05) is 65.5 Å². The smallest absolute Gasteiger partial charge is 0.274 e. The third kappa shape index (κ3) is 3.22. The summed E-state index contributed by atoms with van der Waals surface area (Å²) < 4.78 is 1.83. The Morgan fingerprint density at radius 2 is 1.53 bits per heavy atom. The molecule has 0 saturated heterocycles. The van der Waals surface area contributed by atoms with E-state index < -0.39 is 0 Å². The van der Waals surface area contributed by atoms with Crippen LogP contribution >= 0.6 is 15.9 Å². The molecule has 2 aromatic rings. The molecule has 0 spiro atoms. The zero-order valence-electron chi connectivity index (χ0n) is 9.29. The molecule has 1 aromatic carbocycles. The Hall–Kier alpha value is -1.52. The van der Waals surface area contributed by atoms with Crippen molar-refractivity contribution in [2.75, 3.05) is 0 Å². The monoisotopic (exact) mass is 293 g/mol. The Bertz CT molecular complexity index is 473. The lowest BCUT2D eigenvalue weighted by molar-refractivity contribution is -0.684. The second-order valence-corrected chi connectivity index (χ2v) is 4.26. The van der Waals surface area contributed by atoms with E-state index in [9.17, 15) is 4.79 Å². The third-order valence-corrected chi connectivity index (χ3v) is 3.16. The fourth-order valence-electron chi connectivity index (χ4n) is 1.44. The van der Waals surface area contributed by atoms with Crippen molar-refractivity contribution in [3.8, 4) is 0 Å². The summed E-state index contributed by atoms with van der Waals surface area (Å²) in [5.74, 6) is 0.0526. The van der Waals surface area contributed by atoms with Crippen LogP contribution in [0.2, 0.25) is 0 Å². The molecular weight excluding hydrogens is 280 g/mol. The highest BCUT2D eigenvalue weighted by molar-refractivity contribution is 9.09. The molecule has 0 fully saturated rings. The van der Waals surface area contributed by atoms with Gasteiger partial charge >= 0.3 is 0 Å². The van der Waals surface area contributed by atoms with Gasteiger partial charge in [0.05, 0.1) is 0 Å². The minimum absolute atomic E-state index is 0. The Kier molecular flexibility index (Phi) is 5.00. The van der Waals surface area contributed by atoms with Gasteiger partial charge in [-0.3, -0.25) is 4.79 Å². The van der Waals surface area contributed by atoms with Gasteiger partial charge < -0.3 is 6.15 Å². The van der Waals surface area contributed by atoms with Crippen molar-refractivity contribution in [3.05, 3.63) is 66.5 Å². The lowest BCUT2D eigenvalue weighted by Gasteiger charge is -2.03. The molecule has 88 valence electrons. The summed E-state index contributed by atoms with van der Waals surface area (Å²) in [5.41, 5.74) is 0.709. The normalized spacial score (nSPS) is 11.4. The summed E-state index contributed by atoms with van der Waals surface area (Å²) in [6.07, 6.45) is 3.72. The number of Topliss-reactive ketones (excluding diaryl/α,β-unsaturated/α-hetero) is 1. The average Bonchev–Trinajstić information content (AvgIpc) is 2.39. The van der Waals surface area contributed by atoms with Crippen molar-refractivity contribution in [3.63, 3.8) is 0 Å². The molecule has 1 unspecified atom stereocenters. The van der Waals surface area contributed by atoms with Gasteiger partial charge in [0.2, 0.25) is 5.78 Å². The lowest BCUT2D eigenvalue weighted by Crippen LogP contribution is -2.39. The van der Waals surface area contributed by atoms with Crippen molar-refractivity contribution in [1.82, 2.24) is 6.15 Å². The van der Waals surface area contributed by atoms with E-state index in [2.05, 4.69) is 15.9 Å². The van der Waals surface area contributed by atoms with Crippen LogP contribution in [-0.2, 0) is 0 Å². The second-order valence-electron chi connectivity index (χ2n) is 3.39. The number of hydrogen-bond acceptors (Lipinski definition) is 2. The number of carbonyl (C=O) groups excluding carboxylic acids is 1. The van der Waals surface area contributed by atoms with E-state index in [4.69, 9.17) is 0 Å². The maximum Gasteiger partial charge on any atom is 0.274 e. The fourth-order valence-corrected chi connectivity index (χ4v) is 1.98. The maximum absolute atomic E-state index is 12.1. The molecular formula is C13H14BrN2O+. The van der Waals surface area contributed by atoms with Crippen LogP contribution in [0, 0.1) is 0 Å². The summed E-state index contributed by atoms with van der Waals surface area (Å²) in [4.78, 5) is 11.7. The quantitative estimate of drug-likeness (QED) is 0.537. The summed E-state index contributed by atoms with van der Waals surface area (Å²) in [6, 6.07) is 15.0. The highest BCUT2D eigenvalue weighted by atomic mass is 79.9. The van der Waals surface area contributed by atoms with E-state index in [0.717, 1.165) is 0 Å². The molecule has 1 heterocycles. The molecule has 2 rings (SSSR count). The number of carbonyl (C=O) groups is 1. The molecule has 0 amide bonds. The van der Waals surface area contributed by atoms with Crippen LogP contribution in [-0.4, -0.2) is 5.78 Å². The lowest BCUT2D eigenvalue weighted by atomic mass is 10.1. The van der Waals surface area contributed by atoms with Crippen LogP contribution in [0.25, 0.3) is 0 Å². The van der Waals surface area contributed by atoms with Crippen molar-refractivity contribution in [1.29, 1.82) is 0 Å². The summed E-state index contributed by atoms with van der Waals surface area (Å²) in [6.45, 7) is 0. The van der Waals surface area contributed by atoms with Gasteiger partial charge in [-0.05, 0) is 0 Å². The van der Waals surface area contributed by atoms with E-state index >= 15 is 0 Å². The predicted octanol–water partition coefficient (Wildman–Crippen LogP) is 2.91. The largest absolute Gasteiger partial charge is 0.344 e. The highest BCUT2D eigenvalue weighted by Gasteiger charge is 2.24. The number of alkyl halides is 1. The van der Waals surface area contributed by atoms with E-state index in [1.54, 1.807) is 0 Å². The van der Waals surface area contributed by atoms with E-state index in [1.165, 1.54) is 0 Å². The molecule has 17 heavy (non-hydrogen) atoms. The van der Waals surface area contributed by atoms with Crippen LogP contribution in [0.3, 0.4) is 0 Å². The molecule has 0 saturated carbocycles. The first-order valence-corrected chi connectivity index (χ1v) is 5.90.